The van der Waals surface area contributed by atoms with Crippen LogP contribution in [-0.4, -0.2) is 48.8 Å². The molecule has 32 heavy (non-hydrogen) atoms. The standard InChI is InChI=1S/C26H56NO.C2H4O2/c1-5-7-9-10-11-12-13-14-15-16-17-18-19-20-21-22-24-27(3,4)25-26(28)23-8-6-2;1-2(3)4/h26,28H,5-25H2,1-4H3;1H3,(H,3,4)/q+1;/p-1. The lowest BCUT2D eigenvalue weighted by atomic mass is 10.0. The van der Waals surface area contributed by atoms with Gasteiger partial charge in [0.15, 0.2) is 0 Å². The zero-order valence-corrected chi connectivity index (χ0v) is 22.6. The molecule has 4 heteroatoms. The summed E-state index contributed by atoms with van der Waals surface area (Å²) in [5, 5.41) is 19.0. The number of carboxylic acids is 1. The van der Waals surface area contributed by atoms with Gasteiger partial charge in [-0.25, -0.2) is 0 Å². The minimum atomic E-state index is -1.08. The molecule has 1 unspecified atom stereocenters. The number of carboxylic acid groups (broad SMARTS) is 1. The van der Waals surface area contributed by atoms with Crippen LogP contribution < -0.4 is 5.11 Å². The van der Waals surface area contributed by atoms with Gasteiger partial charge < -0.3 is 19.5 Å². The highest BCUT2D eigenvalue weighted by Crippen LogP contribution is 2.14. The van der Waals surface area contributed by atoms with Crippen LogP contribution >= 0.6 is 0 Å². The molecule has 0 aliphatic heterocycles. The van der Waals surface area contributed by atoms with Gasteiger partial charge >= 0.3 is 0 Å². The van der Waals surface area contributed by atoms with Crippen LogP contribution in [0.4, 0.5) is 0 Å². The number of unbranched alkanes of at least 4 members (excludes halogenated alkanes) is 16. The monoisotopic (exact) mass is 457 g/mol. The van der Waals surface area contributed by atoms with Crippen molar-refractivity contribution in [3.63, 3.8) is 0 Å². The molecular formula is C28H59NO3. The number of carbonyl (C=O) groups is 1. The number of likely N-dealkylation sites (N-methyl/N-ethyl adjacent to an activating group) is 1. The molecule has 0 aliphatic rings. The smallest absolute Gasteiger partial charge is 0.105 e. The second-order valence-corrected chi connectivity index (χ2v) is 10.4. The van der Waals surface area contributed by atoms with Gasteiger partial charge in [0.1, 0.15) is 12.6 Å². The summed E-state index contributed by atoms with van der Waals surface area (Å²) in [6.07, 6.45) is 26.0. The van der Waals surface area contributed by atoms with Gasteiger partial charge in [0, 0.05) is 5.97 Å². The molecule has 0 spiro atoms. The Balaban J connectivity index is 0. The molecule has 0 saturated heterocycles. The molecule has 0 aliphatic carbocycles. The molecule has 0 saturated carbocycles. The molecule has 1 N–H and O–H groups in total. The summed E-state index contributed by atoms with van der Waals surface area (Å²) >= 11 is 0. The topological polar surface area (TPSA) is 60.4 Å². The van der Waals surface area contributed by atoms with E-state index in [-0.39, 0.29) is 6.10 Å². The second kappa shape index (κ2) is 25.0. The van der Waals surface area contributed by atoms with Crippen LogP contribution in [0.1, 0.15) is 143 Å². The number of quaternary nitrogens is 1. The molecule has 0 aromatic rings. The SMILES string of the molecule is CC(=O)[O-].CCCCCCCCCCCCCCCCCC[N+](C)(C)CC(O)CCCC. The minimum Gasteiger partial charge on any atom is -0.550 e. The van der Waals surface area contributed by atoms with Crippen molar-refractivity contribution in [2.45, 2.75) is 149 Å². The Kier molecular flexibility index (Phi) is 26.2. The molecule has 0 aromatic carbocycles. The lowest BCUT2D eigenvalue weighted by Crippen LogP contribution is -2.45. The third-order valence-corrected chi connectivity index (χ3v) is 6.21. The van der Waals surface area contributed by atoms with E-state index in [0.29, 0.717) is 0 Å². The average Bonchev–Trinajstić information content (AvgIpc) is 2.71. The highest BCUT2D eigenvalue weighted by Gasteiger charge is 2.19. The Bertz CT molecular complexity index is 381. The van der Waals surface area contributed by atoms with E-state index in [2.05, 4.69) is 27.9 Å². The highest BCUT2D eigenvalue weighted by atomic mass is 16.4. The lowest BCUT2D eigenvalue weighted by Gasteiger charge is -2.32. The van der Waals surface area contributed by atoms with E-state index in [0.717, 1.165) is 30.8 Å². The summed E-state index contributed by atoms with van der Waals surface area (Å²) < 4.78 is 0.976. The quantitative estimate of drug-likeness (QED) is 0.147. The first-order chi connectivity index (χ1) is 15.2. The Hall–Kier alpha value is -0.610. The zero-order valence-electron chi connectivity index (χ0n) is 22.6. The van der Waals surface area contributed by atoms with Crippen LogP contribution in [0.2, 0.25) is 0 Å². The first-order valence-electron chi connectivity index (χ1n) is 13.9. The number of carbonyl (C=O) groups excluding carboxylic acids is 1. The maximum atomic E-state index is 10.1. The van der Waals surface area contributed by atoms with Gasteiger partial charge in [-0.1, -0.05) is 117 Å². The Morgan fingerprint density at radius 3 is 1.34 bits per heavy atom. The Morgan fingerprint density at radius 1 is 0.688 bits per heavy atom. The number of hydrogen-bond donors (Lipinski definition) is 1. The van der Waals surface area contributed by atoms with Crippen molar-refractivity contribution >= 4 is 5.97 Å². The maximum absolute atomic E-state index is 10.1. The zero-order chi connectivity index (χ0) is 24.5. The summed E-state index contributed by atoms with van der Waals surface area (Å²) in [4.78, 5) is 8.89. The van der Waals surface area contributed by atoms with Crippen LogP contribution in [0.15, 0.2) is 0 Å². The molecule has 194 valence electrons. The average molecular weight is 458 g/mol. The van der Waals surface area contributed by atoms with Crippen LogP contribution in [0.5, 0.6) is 0 Å². The largest absolute Gasteiger partial charge is 0.550 e. The van der Waals surface area contributed by atoms with Gasteiger partial charge in [0.25, 0.3) is 0 Å². The fourth-order valence-electron chi connectivity index (χ4n) is 4.28. The van der Waals surface area contributed by atoms with Gasteiger partial charge in [-0.2, -0.15) is 0 Å². The van der Waals surface area contributed by atoms with E-state index in [1.807, 2.05) is 0 Å². The van der Waals surface area contributed by atoms with Crippen molar-refractivity contribution in [3.05, 3.63) is 0 Å². The van der Waals surface area contributed by atoms with E-state index in [4.69, 9.17) is 9.90 Å². The summed E-state index contributed by atoms with van der Waals surface area (Å²) in [5.74, 6) is -1.08. The molecular weight excluding hydrogens is 398 g/mol. The van der Waals surface area contributed by atoms with Crippen molar-refractivity contribution < 1.29 is 19.5 Å². The third-order valence-electron chi connectivity index (χ3n) is 6.21. The number of nitrogens with zero attached hydrogens (tertiary/aromatic N) is 1. The first kappa shape index (κ1) is 33.6. The first-order valence-corrected chi connectivity index (χ1v) is 13.9. The normalized spacial score (nSPS) is 12.3. The van der Waals surface area contributed by atoms with E-state index < -0.39 is 5.97 Å². The number of aliphatic hydroxyl groups excluding tert-OH is 1. The molecule has 0 rings (SSSR count). The van der Waals surface area contributed by atoms with Gasteiger partial charge in [-0.3, -0.25) is 0 Å². The summed E-state index contributed by atoms with van der Waals surface area (Å²) in [6.45, 7) is 7.59. The molecule has 0 fully saturated rings. The summed E-state index contributed by atoms with van der Waals surface area (Å²) in [7, 11) is 4.56. The molecule has 0 amide bonds. The van der Waals surface area contributed by atoms with Crippen LogP contribution in [-0.2, 0) is 4.79 Å². The van der Waals surface area contributed by atoms with Gasteiger partial charge in [0.05, 0.1) is 20.6 Å². The number of aliphatic hydroxyl groups is 1. The Morgan fingerprint density at radius 2 is 1.00 bits per heavy atom. The fourth-order valence-corrected chi connectivity index (χ4v) is 4.28. The maximum Gasteiger partial charge on any atom is 0.105 e. The van der Waals surface area contributed by atoms with Crippen LogP contribution in [0, 0.1) is 0 Å². The molecule has 1 atom stereocenters. The van der Waals surface area contributed by atoms with Crippen molar-refractivity contribution in [2.75, 3.05) is 27.2 Å². The molecule has 0 radical (unpaired) electrons. The van der Waals surface area contributed by atoms with E-state index in [9.17, 15) is 5.11 Å². The number of aliphatic carboxylic acids is 1. The predicted molar refractivity (Wildman–Crippen MR) is 138 cm³/mol. The highest BCUT2D eigenvalue weighted by molar-refractivity contribution is 5.60. The molecule has 0 heterocycles. The predicted octanol–water partition coefficient (Wildman–Crippen LogP) is 6.63. The lowest BCUT2D eigenvalue weighted by molar-refractivity contribution is -0.893. The summed E-state index contributed by atoms with van der Waals surface area (Å²) in [6, 6.07) is 0. The van der Waals surface area contributed by atoms with Crippen molar-refractivity contribution in [1.82, 2.24) is 0 Å². The third kappa shape index (κ3) is 31.6. The van der Waals surface area contributed by atoms with Crippen molar-refractivity contribution in [1.29, 1.82) is 0 Å². The number of rotatable bonds is 22. The second-order valence-electron chi connectivity index (χ2n) is 10.4. The van der Waals surface area contributed by atoms with E-state index >= 15 is 0 Å². The van der Waals surface area contributed by atoms with Crippen LogP contribution in [0.25, 0.3) is 0 Å². The molecule has 0 aromatic heterocycles. The minimum absolute atomic E-state index is 0.115. The van der Waals surface area contributed by atoms with E-state index in [1.165, 1.54) is 116 Å². The van der Waals surface area contributed by atoms with Crippen LogP contribution in [0.3, 0.4) is 0 Å². The van der Waals surface area contributed by atoms with Gasteiger partial charge in [-0.15, -0.1) is 0 Å². The Labute approximate surface area is 201 Å². The van der Waals surface area contributed by atoms with Gasteiger partial charge in [0.2, 0.25) is 0 Å². The van der Waals surface area contributed by atoms with E-state index in [1.54, 1.807) is 0 Å². The fraction of sp³-hybridized carbons (Fsp3) is 0.964. The molecule has 4 nitrogen and oxygen atoms in total. The number of hydrogen-bond acceptors (Lipinski definition) is 3. The van der Waals surface area contributed by atoms with Crippen molar-refractivity contribution in [3.8, 4) is 0 Å². The van der Waals surface area contributed by atoms with Gasteiger partial charge in [-0.05, 0) is 26.2 Å². The molecule has 0 bridgehead atoms. The summed E-state index contributed by atoms with van der Waals surface area (Å²) in [5.41, 5.74) is 0. The van der Waals surface area contributed by atoms with Crippen molar-refractivity contribution in [2.24, 2.45) is 0 Å².